The average molecular weight is 204 g/mol. The van der Waals surface area contributed by atoms with Gasteiger partial charge in [0.15, 0.2) is 0 Å². The van der Waals surface area contributed by atoms with E-state index in [0.717, 1.165) is 19.1 Å². The molecule has 0 spiro atoms. The number of hydrogen-bond donors (Lipinski definition) is 2. The van der Waals surface area contributed by atoms with Crippen molar-refractivity contribution in [3.05, 3.63) is 29.8 Å². The maximum atomic E-state index is 3.54. The van der Waals surface area contributed by atoms with Gasteiger partial charge in [-0.3, -0.25) is 0 Å². The molecule has 1 aromatic carbocycles. The molecular weight excluding hydrogens is 184 g/mol. The van der Waals surface area contributed by atoms with Crippen molar-refractivity contribution in [2.45, 2.75) is 32.2 Å². The second-order valence-electron chi connectivity index (χ2n) is 4.37. The van der Waals surface area contributed by atoms with Crippen molar-refractivity contribution in [2.24, 2.45) is 0 Å². The van der Waals surface area contributed by atoms with Crippen molar-refractivity contribution in [2.75, 3.05) is 18.4 Å². The smallest absolute Gasteiger partial charge is 0.0340 e. The Morgan fingerprint density at radius 2 is 1.87 bits per heavy atom. The molecule has 0 heterocycles. The molecule has 1 aliphatic carbocycles. The summed E-state index contributed by atoms with van der Waals surface area (Å²) in [5.41, 5.74) is 2.53. The summed E-state index contributed by atoms with van der Waals surface area (Å²) in [6.07, 6.45) is 4.14. The molecule has 1 aliphatic rings. The van der Waals surface area contributed by atoms with Crippen LogP contribution in [0.15, 0.2) is 24.3 Å². The van der Waals surface area contributed by atoms with E-state index in [9.17, 15) is 0 Å². The predicted octanol–water partition coefficient (Wildman–Crippen LogP) is 2.55. The van der Waals surface area contributed by atoms with E-state index in [0.29, 0.717) is 0 Å². The van der Waals surface area contributed by atoms with Gasteiger partial charge in [-0.2, -0.15) is 0 Å². The Morgan fingerprint density at radius 3 is 2.47 bits per heavy atom. The van der Waals surface area contributed by atoms with Crippen molar-refractivity contribution >= 4 is 5.69 Å². The molecule has 0 aromatic heterocycles. The van der Waals surface area contributed by atoms with Crippen molar-refractivity contribution in [1.29, 1.82) is 0 Å². The lowest BCUT2D eigenvalue weighted by atomic mass is 9.93. The normalized spacial score (nSPS) is 16.1. The standard InChI is InChI=1S/C13H20N2/c1-11-5-7-13(8-6-11)15-10-9-14-12-3-2-4-12/h5-8,12,14-15H,2-4,9-10H2,1H3. The van der Waals surface area contributed by atoms with E-state index >= 15 is 0 Å². The molecule has 2 rings (SSSR count). The highest BCUT2D eigenvalue weighted by Crippen LogP contribution is 2.17. The first kappa shape index (κ1) is 10.5. The molecule has 2 nitrogen and oxygen atoms in total. The lowest BCUT2D eigenvalue weighted by molar-refractivity contribution is 0.345. The fourth-order valence-electron chi connectivity index (χ4n) is 1.77. The minimum atomic E-state index is 0.796. The molecular formula is C13H20N2. The van der Waals surface area contributed by atoms with Crippen LogP contribution in [-0.2, 0) is 0 Å². The zero-order chi connectivity index (χ0) is 10.5. The highest BCUT2D eigenvalue weighted by molar-refractivity contribution is 5.44. The summed E-state index contributed by atoms with van der Waals surface area (Å²) < 4.78 is 0. The Kier molecular flexibility index (Phi) is 3.62. The lowest BCUT2D eigenvalue weighted by Crippen LogP contribution is -2.37. The molecule has 0 atom stereocenters. The van der Waals surface area contributed by atoms with Crippen LogP contribution in [0, 0.1) is 6.92 Å². The predicted molar refractivity (Wildman–Crippen MR) is 65.3 cm³/mol. The third-order valence-electron chi connectivity index (χ3n) is 3.04. The topological polar surface area (TPSA) is 24.1 Å². The first-order valence-corrected chi connectivity index (χ1v) is 5.88. The molecule has 0 saturated heterocycles. The maximum absolute atomic E-state index is 3.54. The Balaban J connectivity index is 1.62. The quantitative estimate of drug-likeness (QED) is 0.720. The summed E-state index contributed by atoms with van der Waals surface area (Å²) in [6, 6.07) is 9.35. The zero-order valence-corrected chi connectivity index (χ0v) is 9.42. The van der Waals surface area contributed by atoms with Crippen LogP contribution >= 0.6 is 0 Å². The van der Waals surface area contributed by atoms with Crippen LogP contribution < -0.4 is 10.6 Å². The second-order valence-corrected chi connectivity index (χ2v) is 4.37. The Labute approximate surface area is 92.1 Å². The molecule has 82 valence electrons. The van der Waals surface area contributed by atoms with E-state index in [1.807, 2.05) is 0 Å². The maximum Gasteiger partial charge on any atom is 0.0340 e. The third-order valence-corrected chi connectivity index (χ3v) is 3.04. The van der Waals surface area contributed by atoms with Crippen LogP contribution in [0.2, 0.25) is 0 Å². The van der Waals surface area contributed by atoms with Gasteiger partial charge in [-0.05, 0) is 31.9 Å². The lowest BCUT2D eigenvalue weighted by Gasteiger charge is -2.26. The largest absolute Gasteiger partial charge is 0.384 e. The highest BCUT2D eigenvalue weighted by atomic mass is 15.0. The fraction of sp³-hybridized carbons (Fsp3) is 0.538. The summed E-state index contributed by atoms with van der Waals surface area (Å²) in [5, 5.41) is 6.95. The van der Waals surface area contributed by atoms with Crippen molar-refractivity contribution < 1.29 is 0 Å². The second kappa shape index (κ2) is 5.17. The van der Waals surface area contributed by atoms with Gasteiger partial charge in [0.05, 0.1) is 0 Å². The minimum absolute atomic E-state index is 0.796. The zero-order valence-electron chi connectivity index (χ0n) is 9.42. The van der Waals surface area contributed by atoms with Gasteiger partial charge in [-0.15, -0.1) is 0 Å². The molecule has 2 heteroatoms. The third kappa shape index (κ3) is 3.24. The molecule has 0 aliphatic heterocycles. The van der Waals surface area contributed by atoms with Crippen molar-refractivity contribution in [1.82, 2.24) is 5.32 Å². The fourth-order valence-corrected chi connectivity index (χ4v) is 1.77. The molecule has 1 aromatic rings. The van der Waals surface area contributed by atoms with E-state index in [1.165, 1.54) is 30.5 Å². The van der Waals surface area contributed by atoms with Gasteiger partial charge < -0.3 is 10.6 Å². The summed E-state index contributed by atoms with van der Waals surface area (Å²) in [5.74, 6) is 0. The molecule has 0 unspecified atom stereocenters. The monoisotopic (exact) mass is 204 g/mol. The number of aryl methyl sites for hydroxylation is 1. The van der Waals surface area contributed by atoms with Gasteiger partial charge in [-0.1, -0.05) is 24.1 Å². The first-order chi connectivity index (χ1) is 7.34. The molecule has 1 fully saturated rings. The van der Waals surface area contributed by atoms with Crippen LogP contribution in [0.1, 0.15) is 24.8 Å². The Morgan fingerprint density at radius 1 is 1.13 bits per heavy atom. The molecule has 1 saturated carbocycles. The SMILES string of the molecule is Cc1ccc(NCCNC2CCC2)cc1. The van der Waals surface area contributed by atoms with Gasteiger partial charge in [0, 0.05) is 24.8 Å². The van der Waals surface area contributed by atoms with E-state index in [4.69, 9.17) is 0 Å². The van der Waals surface area contributed by atoms with Gasteiger partial charge in [0.1, 0.15) is 0 Å². The molecule has 0 amide bonds. The van der Waals surface area contributed by atoms with Crippen LogP contribution in [0.5, 0.6) is 0 Å². The summed E-state index contributed by atoms with van der Waals surface area (Å²) in [7, 11) is 0. The van der Waals surface area contributed by atoms with Crippen LogP contribution in [-0.4, -0.2) is 19.1 Å². The number of benzene rings is 1. The highest BCUT2D eigenvalue weighted by Gasteiger charge is 2.15. The Bertz CT molecular complexity index is 288. The van der Waals surface area contributed by atoms with Crippen LogP contribution in [0.25, 0.3) is 0 Å². The first-order valence-electron chi connectivity index (χ1n) is 5.88. The van der Waals surface area contributed by atoms with E-state index in [1.54, 1.807) is 0 Å². The number of anilines is 1. The Hall–Kier alpha value is -1.02. The van der Waals surface area contributed by atoms with Gasteiger partial charge in [0.25, 0.3) is 0 Å². The molecule has 0 bridgehead atoms. The van der Waals surface area contributed by atoms with Crippen LogP contribution in [0.3, 0.4) is 0 Å². The number of nitrogens with one attached hydrogen (secondary N) is 2. The molecule has 15 heavy (non-hydrogen) atoms. The van der Waals surface area contributed by atoms with Crippen LogP contribution in [0.4, 0.5) is 5.69 Å². The van der Waals surface area contributed by atoms with Gasteiger partial charge in [-0.25, -0.2) is 0 Å². The van der Waals surface area contributed by atoms with E-state index < -0.39 is 0 Å². The number of hydrogen-bond acceptors (Lipinski definition) is 2. The van der Waals surface area contributed by atoms with Crippen molar-refractivity contribution in [3.8, 4) is 0 Å². The summed E-state index contributed by atoms with van der Waals surface area (Å²) >= 11 is 0. The van der Waals surface area contributed by atoms with Crippen molar-refractivity contribution in [3.63, 3.8) is 0 Å². The molecule has 2 N–H and O–H groups in total. The minimum Gasteiger partial charge on any atom is -0.384 e. The summed E-state index contributed by atoms with van der Waals surface area (Å²) in [4.78, 5) is 0. The average Bonchev–Trinajstić information content (AvgIpc) is 2.18. The molecule has 0 radical (unpaired) electrons. The van der Waals surface area contributed by atoms with E-state index in [2.05, 4.69) is 41.8 Å². The van der Waals surface area contributed by atoms with E-state index in [-0.39, 0.29) is 0 Å². The van der Waals surface area contributed by atoms with Gasteiger partial charge in [0.2, 0.25) is 0 Å². The number of rotatable bonds is 5. The summed E-state index contributed by atoms with van der Waals surface area (Å²) in [6.45, 7) is 4.19. The van der Waals surface area contributed by atoms with Gasteiger partial charge >= 0.3 is 0 Å².